The van der Waals surface area contributed by atoms with Crippen molar-refractivity contribution in [3.63, 3.8) is 0 Å². The van der Waals surface area contributed by atoms with E-state index in [0.29, 0.717) is 10.7 Å². The normalized spacial score (nSPS) is 10.1. The molecule has 5 heteroatoms. The second-order valence-electron chi connectivity index (χ2n) is 4.04. The van der Waals surface area contributed by atoms with E-state index in [1.165, 1.54) is 6.07 Å². The maximum absolute atomic E-state index is 11.8. The largest absolute Gasteiger partial charge is 0.490 e. The van der Waals surface area contributed by atoms with Gasteiger partial charge in [-0.3, -0.25) is 0 Å². The van der Waals surface area contributed by atoms with Crippen molar-refractivity contribution in [1.29, 1.82) is 0 Å². The van der Waals surface area contributed by atoms with Crippen molar-refractivity contribution < 1.29 is 14.3 Å². The Balaban J connectivity index is 1.82. The van der Waals surface area contributed by atoms with Gasteiger partial charge in [-0.25, -0.2) is 4.79 Å². The first-order chi connectivity index (χ1) is 9.66. The van der Waals surface area contributed by atoms with E-state index in [1.54, 1.807) is 12.1 Å². The first-order valence-corrected chi connectivity index (χ1v) is 6.44. The molecule has 2 N–H and O–H groups in total. The Morgan fingerprint density at radius 3 is 2.60 bits per heavy atom. The maximum Gasteiger partial charge on any atom is 0.339 e. The Kier molecular flexibility index (Phi) is 4.85. The van der Waals surface area contributed by atoms with Gasteiger partial charge in [0.15, 0.2) is 0 Å². The zero-order valence-corrected chi connectivity index (χ0v) is 11.5. The zero-order valence-electron chi connectivity index (χ0n) is 10.7. The molecule has 20 heavy (non-hydrogen) atoms. The van der Waals surface area contributed by atoms with Crippen LogP contribution in [0.2, 0.25) is 5.02 Å². The highest BCUT2D eigenvalue weighted by molar-refractivity contribution is 6.33. The summed E-state index contributed by atoms with van der Waals surface area (Å²) < 4.78 is 10.5. The molecule has 0 radical (unpaired) electrons. The van der Waals surface area contributed by atoms with Crippen molar-refractivity contribution in [2.24, 2.45) is 0 Å². The predicted molar refractivity (Wildman–Crippen MR) is 78.1 cm³/mol. The maximum atomic E-state index is 11.8. The van der Waals surface area contributed by atoms with Gasteiger partial charge in [-0.05, 0) is 30.3 Å². The number of anilines is 1. The molecule has 2 aromatic rings. The van der Waals surface area contributed by atoms with Gasteiger partial charge < -0.3 is 15.2 Å². The van der Waals surface area contributed by atoms with Gasteiger partial charge in [0.2, 0.25) is 0 Å². The summed E-state index contributed by atoms with van der Waals surface area (Å²) in [5.41, 5.74) is 6.32. The number of carbonyl (C=O) groups is 1. The highest BCUT2D eigenvalue weighted by Gasteiger charge is 2.12. The van der Waals surface area contributed by atoms with Crippen LogP contribution in [0.5, 0.6) is 5.75 Å². The topological polar surface area (TPSA) is 61.6 Å². The van der Waals surface area contributed by atoms with Crippen LogP contribution < -0.4 is 10.5 Å². The van der Waals surface area contributed by atoms with Crippen LogP contribution in [0.1, 0.15) is 10.4 Å². The third-order valence-electron chi connectivity index (χ3n) is 2.54. The van der Waals surface area contributed by atoms with Crippen molar-refractivity contribution in [2.45, 2.75) is 0 Å². The van der Waals surface area contributed by atoms with E-state index in [0.717, 1.165) is 5.75 Å². The van der Waals surface area contributed by atoms with Crippen LogP contribution in [0.25, 0.3) is 0 Å². The number of halogens is 1. The molecule has 2 aromatic carbocycles. The molecule has 4 nitrogen and oxygen atoms in total. The number of rotatable bonds is 5. The minimum atomic E-state index is -0.515. The number of hydrogen-bond donors (Lipinski definition) is 1. The number of carbonyl (C=O) groups excluding carboxylic acids is 1. The van der Waals surface area contributed by atoms with E-state index in [9.17, 15) is 4.79 Å². The SMILES string of the molecule is Nc1ccc(Cl)c(C(=O)OCCOc2ccccc2)c1. The number of para-hydroxylation sites is 1. The van der Waals surface area contributed by atoms with Gasteiger partial charge in [0.25, 0.3) is 0 Å². The molecular weight excluding hydrogens is 278 g/mol. The number of benzene rings is 2. The van der Waals surface area contributed by atoms with Gasteiger partial charge in [0.05, 0.1) is 10.6 Å². The first kappa shape index (κ1) is 14.2. The minimum absolute atomic E-state index is 0.138. The van der Waals surface area contributed by atoms with Crippen LogP contribution in [0, 0.1) is 0 Å². The number of nitrogens with two attached hydrogens (primary N) is 1. The minimum Gasteiger partial charge on any atom is -0.490 e. The molecule has 0 bridgehead atoms. The van der Waals surface area contributed by atoms with Crippen LogP contribution in [0.3, 0.4) is 0 Å². The summed E-state index contributed by atoms with van der Waals surface area (Å²) in [7, 11) is 0. The molecule has 0 atom stereocenters. The summed E-state index contributed by atoms with van der Waals surface area (Å²) in [4.78, 5) is 11.8. The van der Waals surface area contributed by atoms with Gasteiger partial charge in [-0.15, -0.1) is 0 Å². The molecule has 0 unspecified atom stereocenters. The van der Waals surface area contributed by atoms with Gasteiger partial charge >= 0.3 is 5.97 Å². The smallest absolute Gasteiger partial charge is 0.339 e. The molecule has 0 spiro atoms. The summed E-state index contributed by atoms with van der Waals surface area (Å²) in [5.74, 6) is 0.212. The Morgan fingerprint density at radius 1 is 1.10 bits per heavy atom. The van der Waals surface area contributed by atoms with E-state index in [-0.39, 0.29) is 18.8 Å². The Labute approximate surface area is 122 Å². The summed E-state index contributed by atoms with van der Waals surface area (Å²) in [5, 5.41) is 0.313. The van der Waals surface area contributed by atoms with Crippen LogP contribution in [0.4, 0.5) is 5.69 Å². The molecule has 0 aliphatic heterocycles. The van der Waals surface area contributed by atoms with Crippen molar-refractivity contribution in [3.05, 3.63) is 59.1 Å². The Morgan fingerprint density at radius 2 is 1.85 bits per heavy atom. The van der Waals surface area contributed by atoms with Crippen LogP contribution in [-0.2, 0) is 4.74 Å². The molecule has 0 fully saturated rings. The second kappa shape index (κ2) is 6.82. The molecule has 0 aliphatic carbocycles. The van der Waals surface area contributed by atoms with E-state index in [1.807, 2.05) is 30.3 Å². The lowest BCUT2D eigenvalue weighted by Crippen LogP contribution is -2.13. The molecule has 0 aromatic heterocycles. The van der Waals surface area contributed by atoms with Crippen LogP contribution in [-0.4, -0.2) is 19.2 Å². The van der Waals surface area contributed by atoms with Crippen molar-refractivity contribution in [1.82, 2.24) is 0 Å². The van der Waals surface area contributed by atoms with E-state index < -0.39 is 5.97 Å². The Hall–Kier alpha value is -2.20. The monoisotopic (exact) mass is 291 g/mol. The number of esters is 1. The van der Waals surface area contributed by atoms with E-state index >= 15 is 0 Å². The van der Waals surface area contributed by atoms with Crippen molar-refractivity contribution in [2.75, 3.05) is 18.9 Å². The summed E-state index contributed by atoms with van der Waals surface area (Å²) in [6, 6.07) is 14.0. The number of nitrogen functional groups attached to an aromatic ring is 1. The summed E-state index contributed by atoms with van der Waals surface area (Å²) in [6.45, 7) is 0.411. The lowest BCUT2D eigenvalue weighted by Gasteiger charge is -2.08. The summed E-state index contributed by atoms with van der Waals surface area (Å²) in [6.07, 6.45) is 0. The average Bonchev–Trinajstić information content (AvgIpc) is 2.47. The fourth-order valence-electron chi connectivity index (χ4n) is 1.59. The van der Waals surface area contributed by atoms with Crippen LogP contribution in [0.15, 0.2) is 48.5 Å². The molecular formula is C15H14ClNO3. The predicted octanol–water partition coefficient (Wildman–Crippen LogP) is 3.16. The highest BCUT2D eigenvalue weighted by Crippen LogP contribution is 2.19. The lowest BCUT2D eigenvalue weighted by atomic mass is 10.2. The van der Waals surface area contributed by atoms with Gasteiger partial charge in [-0.2, -0.15) is 0 Å². The fourth-order valence-corrected chi connectivity index (χ4v) is 1.78. The van der Waals surface area contributed by atoms with Crippen molar-refractivity contribution >= 4 is 23.3 Å². The van der Waals surface area contributed by atoms with Crippen molar-refractivity contribution in [3.8, 4) is 5.75 Å². The van der Waals surface area contributed by atoms with Gasteiger partial charge in [0, 0.05) is 5.69 Å². The highest BCUT2D eigenvalue weighted by atomic mass is 35.5. The molecule has 0 aliphatic rings. The quantitative estimate of drug-likeness (QED) is 0.522. The lowest BCUT2D eigenvalue weighted by molar-refractivity contribution is 0.0450. The Bertz CT molecular complexity index is 587. The molecule has 0 saturated heterocycles. The standard InChI is InChI=1S/C15H14ClNO3/c16-14-7-6-11(17)10-13(14)15(18)20-9-8-19-12-4-2-1-3-5-12/h1-7,10H,8-9,17H2. The molecule has 0 saturated carbocycles. The zero-order chi connectivity index (χ0) is 14.4. The fraction of sp³-hybridized carbons (Fsp3) is 0.133. The molecule has 2 rings (SSSR count). The molecule has 0 heterocycles. The van der Waals surface area contributed by atoms with Crippen LogP contribution >= 0.6 is 11.6 Å². The molecule has 0 amide bonds. The second-order valence-corrected chi connectivity index (χ2v) is 4.44. The first-order valence-electron chi connectivity index (χ1n) is 6.07. The summed E-state index contributed by atoms with van der Waals surface area (Å²) >= 11 is 5.91. The van der Waals surface area contributed by atoms with Gasteiger partial charge in [0.1, 0.15) is 19.0 Å². The van der Waals surface area contributed by atoms with E-state index in [4.69, 9.17) is 26.8 Å². The number of ether oxygens (including phenoxy) is 2. The number of hydrogen-bond acceptors (Lipinski definition) is 4. The third kappa shape index (κ3) is 3.90. The average molecular weight is 292 g/mol. The van der Waals surface area contributed by atoms with E-state index in [2.05, 4.69) is 0 Å². The molecule has 104 valence electrons. The third-order valence-corrected chi connectivity index (χ3v) is 2.87. The van der Waals surface area contributed by atoms with Gasteiger partial charge in [-0.1, -0.05) is 29.8 Å².